The Balaban J connectivity index is 2.57. The minimum absolute atomic E-state index is 0.0156. The van der Waals surface area contributed by atoms with Crippen LogP contribution in [0.5, 0.6) is 0 Å². The maximum Gasteiger partial charge on any atom is 0.252 e. The molecule has 1 aromatic rings. The SMILES string of the molecule is NCc1cc2c([nH]c1=O)CCC2. The Hall–Kier alpha value is -1.09. The molecule has 2 rings (SSSR count). The van der Waals surface area contributed by atoms with E-state index in [1.54, 1.807) is 0 Å². The summed E-state index contributed by atoms with van der Waals surface area (Å²) in [5.41, 5.74) is 8.50. The molecule has 0 aliphatic heterocycles. The molecule has 12 heavy (non-hydrogen) atoms. The lowest BCUT2D eigenvalue weighted by Gasteiger charge is -2.00. The van der Waals surface area contributed by atoms with E-state index >= 15 is 0 Å². The summed E-state index contributed by atoms with van der Waals surface area (Å²) < 4.78 is 0. The van der Waals surface area contributed by atoms with Crippen molar-refractivity contribution in [3.8, 4) is 0 Å². The molecule has 1 aliphatic carbocycles. The Kier molecular flexibility index (Phi) is 1.73. The molecule has 0 atom stereocenters. The lowest BCUT2D eigenvalue weighted by atomic mass is 10.1. The lowest BCUT2D eigenvalue weighted by molar-refractivity contribution is 0.896. The number of aromatic amines is 1. The summed E-state index contributed by atoms with van der Waals surface area (Å²) in [4.78, 5) is 14.1. The first kappa shape index (κ1) is 7.55. The summed E-state index contributed by atoms with van der Waals surface area (Å²) in [7, 11) is 0. The van der Waals surface area contributed by atoms with Gasteiger partial charge in [0, 0.05) is 17.8 Å². The van der Waals surface area contributed by atoms with Crippen molar-refractivity contribution >= 4 is 0 Å². The van der Waals surface area contributed by atoms with E-state index < -0.39 is 0 Å². The second-order valence-electron chi connectivity index (χ2n) is 3.19. The molecular weight excluding hydrogens is 152 g/mol. The Morgan fingerprint density at radius 3 is 3.08 bits per heavy atom. The van der Waals surface area contributed by atoms with Crippen LogP contribution >= 0.6 is 0 Å². The summed E-state index contributed by atoms with van der Waals surface area (Å²) >= 11 is 0. The van der Waals surface area contributed by atoms with Gasteiger partial charge in [-0.1, -0.05) is 0 Å². The summed E-state index contributed by atoms with van der Waals surface area (Å²) in [6.07, 6.45) is 3.24. The summed E-state index contributed by atoms with van der Waals surface area (Å²) in [6.45, 7) is 0.336. The van der Waals surface area contributed by atoms with E-state index in [-0.39, 0.29) is 5.56 Å². The third kappa shape index (κ3) is 1.06. The molecule has 3 nitrogen and oxygen atoms in total. The minimum Gasteiger partial charge on any atom is -0.326 e. The van der Waals surface area contributed by atoms with E-state index in [0.717, 1.165) is 25.0 Å². The van der Waals surface area contributed by atoms with Gasteiger partial charge in [0.25, 0.3) is 5.56 Å². The first-order valence-electron chi connectivity index (χ1n) is 4.25. The number of fused-ring (bicyclic) bond motifs is 1. The Morgan fingerprint density at radius 1 is 1.50 bits per heavy atom. The Morgan fingerprint density at radius 2 is 2.33 bits per heavy atom. The largest absolute Gasteiger partial charge is 0.326 e. The van der Waals surface area contributed by atoms with Crippen LogP contribution < -0.4 is 11.3 Å². The molecule has 0 unspecified atom stereocenters. The molecule has 0 amide bonds. The smallest absolute Gasteiger partial charge is 0.252 e. The fourth-order valence-electron chi connectivity index (χ4n) is 1.71. The molecule has 0 saturated heterocycles. The first-order chi connectivity index (χ1) is 5.81. The van der Waals surface area contributed by atoms with Gasteiger partial charge in [-0.2, -0.15) is 0 Å². The monoisotopic (exact) mass is 164 g/mol. The molecule has 0 saturated carbocycles. The van der Waals surface area contributed by atoms with Gasteiger partial charge in [-0.15, -0.1) is 0 Å². The Bertz CT molecular complexity index is 354. The molecule has 0 radical (unpaired) electrons. The number of aromatic nitrogens is 1. The van der Waals surface area contributed by atoms with Crippen molar-refractivity contribution in [2.24, 2.45) is 5.73 Å². The predicted molar refractivity (Wildman–Crippen MR) is 47.0 cm³/mol. The van der Waals surface area contributed by atoms with E-state index in [0.29, 0.717) is 12.1 Å². The maximum absolute atomic E-state index is 11.3. The molecule has 3 N–H and O–H groups in total. The number of nitrogens with two attached hydrogens (primary N) is 1. The molecule has 1 aromatic heterocycles. The van der Waals surface area contributed by atoms with Gasteiger partial charge in [-0.05, 0) is 30.9 Å². The van der Waals surface area contributed by atoms with E-state index in [4.69, 9.17) is 5.73 Å². The zero-order chi connectivity index (χ0) is 8.55. The molecule has 1 heterocycles. The van der Waals surface area contributed by atoms with E-state index in [2.05, 4.69) is 4.98 Å². The highest BCUT2D eigenvalue weighted by Gasteiger charge is 2.12. The molecule has 0 fully saturated rings. The number of hydrogen-bond acceptors (Lipinski definition) is 2. The van der Waals surface area contributed by atoms with Crippen LogP contribution in [-0.2, 0) is 19.4 Å². The van der Waals surface area contributed by atoms with Gasteiger partial charge in [0.05, 0.1) is 0 Å². The van der Waals surface area contributed by atoms with Crippen LogP contribution in [0.1, 0.15) is 23.2 Å². The van der Waals surface area contributed by atoms with Gasteiger partial charge in [-0.25, -0.2) is 0 Å². The van der Waals surface area contributed by atoms with E-state index in [9.17, 15) is 4.79 Å². The number of rotatable bonds is 1. The lowest BCUT2D eigenvalue weighted by Crippen LogP contribution is -2.17. The van der Waals surface area contributed by atoms with Crippen molar-refractivity contribution in [2.75, 3.05) is 0 Å². The molecule has 0 spiro atoms. The number of nitrogens with one attached hydrogen (secondary N) is 1. The maximum atomic E-state index is 11.3. The second kappa shape index (κ2) is 2.75. The highest BCUT2D eigenvalue weighted by molar-refractivity contribution is 5.28. The molecule has 64 valence electrons. The molecule has 3 heteroatoms. The number of aryl methyl sites for hydroxylation is 2. The quantitative estimate of drug-likeness (QED) is 0.628. The van der Waals surface area contributed by atoms with Crippen LogP contribution in [0.3, 0.4) is 0 Å². The molecular formula is C9H12N2O. The van der Waals surface area contributed by atoms with Gasteiger partial charge in [0.1, 0.15) is 0 Å². The normalized spacial score (nSPS) is 14.8. The highest BCUT2D eigenvalue weighted by atomic mass is 16.1. The van der Waals surface area contributed by atoms with Crippen LogP contribution in [0.15, 0.2) is 10.9 Å². The summed E-state index contributed by atoms with van der Waals surface area (Å²) in [6, 6.07) is 1.95. The van der Waals surface area contributed by atoms with Gasteiger partial charge in [0.15, 0.2) is 0 Å². The average Bonchev–Trinajstić information content (AvgIpc) is 2.49. The zero-order valence-corrected chi connectivity index (χ0v) is 6.89. The van der Waals surface area contributed by atoms with Crippen LogP contribution in [0, 0.1) is 0 Å². The van der Waals surface area contributed by atoms with Gasteiger partial charge in [0.2, 0.25) is 0 Å². The number of hydrogen-bond donors (Lipinski definition) is 2. The van der Waals surface area contributed by atoms with Crippen molar-refractivity contribution in [1.82, 2.24) is 4.98 Å². The number of pyridine rings is 1. The minimum atomic E-state index is -0.0156. The third-order valence-corrected chi connectivity index (χ3v) is 2.38. The predicted octanol–water partition coefficient (Wildman–Crippen LogP) is 0.322. The number of H-pyrrole nitrogens is 1. The topological polar surface area (TPSA) is 58.9 Å². The van der Waals surface area contributed by atoms with Crippen LogP contribution in [0.25, 0.3) is 0 Å². The van der Waals surface area contributed by atoms with Gasteiger partial charge >= 0.3 is 0 Å². The highest BCUT2D eigenvalue weighted by Crippen LogP contribution is 2.18. The average molecular weight is 164 g/mol. The van der Waals surface area contributed by atoms with Gasteiger partial charge in [-0.3, -0.25) is 4.79 Å². The standard InChI is InChI=1S/C9H12N2O/c10-5-7-4-6-2-1-3-8(6)11-9(7)12/h4H,1-3,5,10H2,(H,11,12). The summed E-state index contributed by atoms with van der Waals surface area (Å²) in [5, 5.41) is 0. The summed E-state index contributed by atoms with van der Waals surface area (Å²) in [5.74, 6) is 0. The third-order valence-electron chi connectivity index (χ3n) is 2.38. The van der Waals surface area contributed by atoms with E-state index in [1.807, 2.05) is 6.07 Å². The second-order valence-corrected chi connectivity index (χ2v) is 3.19. The zero-order valence-electron chi connectivity index (χ0n) is 6.89. The first-order valence-corrected chi connectivity index (χ1v) is 4.25. The fourth-order valence-corrected chi connectivity index (χ4v) is 1.71. The molecule has 0 bridgehead atoms. The van der Waals surface area contributed by atoms with Crippen molar-refractivity contribution in [3.05, 3.63) is 33.2 Å². The van der Waals surface area contributed by atoms with Crippen LogP contribution in [0.4, 0.5) is 0 Å². The fraction of sp³-hybridized carbons (Fsp3) is 0.444. The van der Waals surface area contributed by atoms with E-state index in [1.165, 1.54) is 5.56 Å². The van der Waals surface area contributed by atoms with Crippen molar-refractivity contribution in [2.45, 2.75) is 25.8 Å². The molecule has 0 aromatic carbocycles. The van der Waals surface area contributed by atoms with Gasteiger partial charge < -0.3 is 10.7 Å². The Labute approximate surface area is 70.6 Å². The van der Waals surface area contributed by atoms with Crippen LogP contribution in [0.2, 0.25) is 0 Å². The van der Waals surface area contributed by atoms with Crippen molar-refractivity contribution in [3.63, 3.8) is 0 Å². The molecule has 1 aliphatic rings. The van der Waals surface area contributed by atoms with Crippen LogP contribution in [-0.4, -0.2) is 4.98 Å². The van der Waals surface area contributed by atoms with Crippen molar-refractivity contribution in [1.29, 1.82) is 0 Å². The van der Waals surface area contributed by atoms with Crippen molar-refractivity contribution < 1.29 is 0 Å².